The molecule has 1 aliphatic carbocycles. The molecule has 1 saturated heterocycles. The number of H-pyrrole nitrogens is 1. The number of aliphatic hydroxyl groups is 1. The molecule has 0 radical (unpaired) electrons. The number of nitrogens with zero attached hydrogens (tertiary/aromatic N) is 1. The van der Waals surface area contributed by atoms with Crippen molar-refractivity contribution in [2.24, 2.45) is 5.92 Å². The zero-order valence-electron chi connectivity index (χ0n) is 21.4. The Morgan fingerprint density at radius 1 is 1.16 bits per heavy atom. The average molecular weight is 511 g/mol. The van der Waals surface area contributed by atoms with Crippen molar-refractivity contribution in [1.82, 2.24) is 20.5 Å². The summed E-state index contributed by atoms with van der Waals surface area (Å²) in [6.45, 7) is 2.85. The van der Waals surface area contributed by atoms with Crippen LogP contribution in [-0.4, -0.2) is 79.5 Å². The van der Waals surface area contributed by atoms with Gasteiger partial charge in [0.1, 0.15) is 18.1 Å². The highest BCUT2D eigenvalue weighted by molar-refractivity contribution is 6.20. The van der Waals surface area contributed by atoms with Crippen molar-refractivity contribution in [3.8, 4) is 11.5 Å². The highest BCUT2D eigenvalue weighted by Crippen LogP contribution is 2.41. The molecule has 1 saturated carbocycles. The van der Waals surface area contributed by atoms with Gasteiger partial charge in [-0.3, -0.25) is 9.59 Å². The second kappa shape index (κ2) is 10.5. The molecule has 3 aliphatic rings. The van der Waals surface area contributed by atoms with Crippen molar-refractivity contribution in [2.75, 3.05) is 40.5 Å². The molecule has 2 fully saturated rings. The van der Waals surface area contributed by atoms with Gasteiger partial charge in [0.2, 0.25) is 5.91 Å². The smallest absolute Gasteiger partial charge is 0.255 e. The summed E-state index contributed by atoms with van der Waals surface area (Å²) in [5, 5.41) is 16.9. The predicted octanol–water partition coefficient (Wildman–Crippen LogP) is 1.57. The van der Waals surface area contributed by atoms with Crippen LogP contribution in [0.4, 0.5) is 0 Å². The number of hydrogen-bond donors (Lipinski definition) is 4. The lowest BCUT2D eigenvalue weighted by molar-refractivity contribution is -0.134. The van der Waals surface area contributed by atoms with E-state index < -0.39 is 12.1 Å². The minimum Gasteiger partial charge on any atom is -0.497 e. The van der Waals surface area contributed by atoms with Crippen LogP contribution in [0.2, 0.25) is 0 Å². The van der Waals surface area contributed by atoms with E-state index >= 15 is 0 Å². The van der Waals surface area contributed by atoms with Gasteiger partial charge < -0.3 is 39.8 Å². The van der Waals surface area contributed by atoms with Crippen molar-refractivity contribution in [3.05, 3.63) is 53.0 Å². The first-order chi connectivity index (χ1) is 17.9. The first-order valence-electron chi connectivity index (χ1n) is 12.6. The topological polar surface area (TPSA) is 125 Å². The number of allylic oxidation sites excluding steroid dienone is 1. The molecule has 3 heterocycles. The van der Waals surface area contributed by atoms with E-state index in [1.165, 1.54) is 24.9 Å². The molecule has 4 N–H and O–H groups in total. The molecular formula is C27H34N4O6. The Morgan fingerprint density at radius 3 is 2.70 bits per heavy atom. The van der Waals surface area contributed by atoms with Crippen LogP contribution in [-0.2, 0) is 14.3 Å². The van der Waals surface area contributed by atoms with Gasteiger partial charge in [0.05, 0.1) is 43.2 Å². The number of aromatic amines is 1. The fourth-order valence-electron chi connectivity index (χ4n) is 5.01. The number of rotatable bonds is 9. The standard InChI is InChI=1S/C27H34N4O6/c1-15-24(27(34)30-20-11-31(12-21(20)32)23(33)14-35-2)26-19(8-9-28-26)25(29-15)18-7-6-17(36-3)10-22(18)37-13-16-4-5-16/h6-10,16,20-21,25,28-29,32H,4-5,11-14H2,1-3H3,(H,30,34)/t20-,21+,25?/m1/s1. The SMILES string of the molecule is COCC(=O)N1C[C@H](O)[C@H](NC(=O)C2=C(C)NC(c3ccc(OC)cc3OCC3CC3)c3cc[nH]c32)C1. The molecule has 2 aliphatic heterocycles. The number of amides is 2. The fourth-order valence-corrected chi connectivity index (χ4v) is 5.01. The normalized spacial score (nSPS) is 22.9. The number of β-amino-alcohol motifs (C(OH)–C–C–N with tert-alkyl or cyclic N) is 1. The first-order valence-corrected chi connectivity index (χ1v) is 12.6. The molecule has 0 spiro atoms. The van der Waals surface area contributed by atoms with Crippen LogP contribution >= 0.6 is 0 Å². The Labute approximate surface area is 216 Å². The van der Waals surface area contributed by atoms with E-state index in [1.807, 2.05) is 37.4 Å². The minimum atomic E-state index is -0.858. The molecule has 1 aromatic carbocycles. The zero-order chi connectivity index (χ0) is 26.1. The van der Waals surface area contributed by atoms with Crippen LogP contribution in [0.25, 0.3) is 5.57 Å². The van der Waals surface area contributed by atoms with E-state index in [2.05, 4.69) is 15.6 Å². The summed E-state index contributed by atoms with van der Waals surface area (Å²) in [4.78, 5) is 30.3. The molecule has 2 amide bonds. The van der Waals surface area contributed by atoms with Crippen LogP contribution in [0.15, 0.2) is 36.2 Å². The molecule has 1 aromatic heterocycles. The van der Waals surface area contributed by atoms with Gasteiger partial charge in [-0.2, -0.15) is 0 Å². The second-order valence-corrected chi connectivity index (χ2v) is 9.92. The molecule has 10 heteroatoms. The molecular weight excluding hydrogens is 476 g/mol. The third-order valence-corrected chi connectivity index (χ3v) is 7.23. The van der Waals surface area contributed by atoms with Crippen LogP contribution in [0.3, 0.4) is 0 Å². The summed E-state index contributed by atoms with van der Waals surface area (Å²) >= 11 is 0. The monoisotopic (exact) mass is 510 g/mol. The number of carbonyl (C=O) groups is 2. The van der Waals surface area contributed by atoms with E-state index in [1.54, 1.807) is 7.11 Å². The van der Waals surface area contributed by atoms with Crippen LogP contribution in [0.5, 0.6) is 11.5 Å². The van der Waals surface area contributed by atoms with E-state index in [0.29, 0.717) is 29.5 Å². The fraction of sp³-hybridized carbons (Fsp3) is 0.481. The van der Waals surface area contributed by atoms with Gasteiger partial charge >= 0.3 is 0 Å². The predicted molar refractivity (Wildman–Crippen MR) is 136 cm³/mol. The Morgan fingerprint density at radius 2 is 1.97 bits per heavy atom. The Balaban J connectivity index is 1.37. The molecule has 198 valence electrons. The lowest BCUT2D eigenvalue weighted by atomic mass is 9.90. The lowest BCUT2D eigenvalue weighted by Crippen LogP contribution is -2.44. The number of methoxy groups -OCH3 is 2. The third kappa shape index (κ3) is 5.17. The Kier molecular flexibility index (Phi) is 7.12. The maximum absolute atomic E-state index is 13.4. The van der Waals surface area contributed by atoms with Crippen molar-refractivity contribution in [3.63, 3.8) is 0 Å². The highest BCUT2D eigenvalue weighted by Gasteiger charge is 2.38. The zero-order valence-corrected chi connectivity index (χ0v) is 21.4. The van der Waals surface area contributed by atoms with E-state index in [9.17, 15) is 14.7 Å². The Bertz CT molecular complexity index is 1200. The summed E-state index contributed by atoms with van der Waals surface area (Å²) in [5.74, 6) is 1.54. The van der Waals surface area contributed by atoms with Gasteiger partial charge in [-0.05, 0) is 43.9 Å². The summed E-state index contributed by atoms with van der Waals surface area (Å²) < 4.78 is 16.6. The lowest BCUT2D eigenvalue weighted by Gasteiger charge is -2.30. The molecule has 37 heavy (non-hydrogen) atoms. The molecule has 0 bridgehead atoms. The molecule has 1 unspecified atom stereocenters. The van der Waals surface area contributed by atoms with E-state index in [4.69, 9.17) is 14.2 Å². The van der Waals surface area contributed by atoms with Crippen molar-refractivity contribution in [1.29, 1.82) is 0 Å². The molecule has 10 nitrogen and oxygen atoms in total. The number of ether oxygens (including phenoxy) is 3. The van der Waals surface area contributed by atoms with E-state index in [0.717, 1.165) is 22.6 Å². The van der Waals surface area contributed by atoms with Gasteiger partial charge in [-0.15, -0.1) is 0 Å². The number of aromatic nitrogens is 1. The number of carbonyl (C=O) groups excluding carboxylic acids is 2. The number of nitrogens with one attached hydrogen (secondary N) is 3. The molecule has 5 rings (SSSR count). The van der Waals surface area contributed by atoms with Gasteiger partial charge in [-0.1, -0.05) is 0 Å². The van der Waals surface area contributed by atoms with Crippen molar-refractivity contribution >= 4 is 17.4 Å². The summed E-state index contributed by atoms with van der Waals surface area (Å²) in [6.07, 6.45) is 3.34. The number of aliphatic hydroxyl groups excluding tert-OH is 1. The van der Waals surface area contributed by atoms with Crippen LogP contribution < -0.4 is 20.1 Å². The maximum Gasteiger partial charge on any atom is 0.255 e. The van der Waals surface area contributed by atoms with Crippen LogP contribution in [0, 0.1) is 5.92 Å². The number of likely N-dealkylation sites (tertiary alicyclic amines) is 1. The highest BCUT2D eigenvalue weighted by atomic mass is 16.5. The van der Waals surface area contributed by atoms with Gasteiger partial charge in [0, 0.05) is 49.3 Å². The average Bonchev–Trinajstić information content (AvgIpc) is 3.47. The number of fused-ring (bicyclic) bond motifs is 1. The van der Waals surface area contributed by atoms with Crippen LogP contribution in [0.1, 0.15) is 42.6 Å². The van der Waals surface area contributed by atoms with Gasteiger partial charge in [-0.25, -0.2) is 0 Å². The van der Waals surface area contributed by atoms with Crippen molar-refractivity contribution < 1.29 is 28.9 Å². The third-order valence-electron chi connectivity index (χ3n) is 7.23. The van der Waals surface area contributed by atoms with Gasteiger partial charge in [0.25, 0.3) is 5.91 Å². The largest absolute Gasteiger partial charge is 0.497 e. The quantitative estimate of drug-likeness (QED) is 0.404. The second-order valence-electron chi connectivity index (χ2n) is 9.92. The Hall–Kier alpha value is -3.50. The van der Waals surface area contributed by atoms with Crippen molar-refractivity contribution in [2.45, 2.75) is 38.0 Å². The minimum absolute atomic E-state index is 0.0630. The molecule has 3 atom stereocenters. The number of benzene rings is 1. The van der Waals surface area contributed by atoms with E-state index in [-0.39, 0.29) is 37.6 Å². The summed E-state index contributed by atoms with van der Waals surface area (Å²) in [7, 11) is 3.08. The first kappa shape index (κ1) is 25.2. The van der Waals surface area contributed by atoms with Gasteiger partial charge in [0.15, 0.2) is 0 Å². The summed E-state index contributed by atoms with van der Waals surface area (Å²) in [6, 6.07) is 6.97. The number of hydrogen-bond acceptors (Lipinski definition) is 7. The molecule has 2 aromatic rings. The summed E-state index contributed by atoms with van der Waals surface area (Å²) in [5.41, 5.74) is 3.75. The maximum atomic E-state index is 13.4.